The summed E-state index contributed by atoms with van der Waals surface area (Å²) in [5, 5.41) is 8.17. The van der Waals surface area contributed by atoms with Crippen molar-refractivity contribution < 1.29 is 32.6 Å². The Morgan fingerprint density at radius 2 is 1.85 bits per heavy atom. The van der Waals surface area contributed by atoms with Crippen molar-refractivity contribution in [3.05, 3.63) is 11.8 Å². The number of rotatable bonds is 3. The highest BCUT2D eigenvalue weighted by Gasteiger charge is 2.43. The lowest BCUT2D eigenvalue weighted by Crippen LogP contribution is -2.28. The van der Waals surface area contributed by atoms with Crippen LogP contribution in [0.25, 0.3) is 0 Å². The topological polar surface area (TPSA) is 63.6 Å². The van der Waals surface area contributed by atoms with Gasteiger partial charge >= 0.3 is 12.1 Å². The van der Waals surface area contributed by atoms with Crippen LogP contribution < -0.4 is 0 Å². The maximum absolute atomic E-state index is 11.7. The minimum atomic E-state index is -5.21. The summed E-state index contributed by atoms with van der Waals surface area (Å²) in [6.07, 6.45) is -4.97. The molecule has 0 saturated heterocycles. The molecule has 0 aromatic carbocycles. The first kappa shape index (κ1) is 11.5. The fraction of sp³-hybridized carbons (Fsp3) is 0.333. The molecule has 0 radical (unpaired) electrons. The zero-order valence-corrected chi connectivity index (χ0v) is 6.38. The van der Waals surface area contributed by atoms with Gasteiger partial charge in [-0.3, -0.25) is 4.79 Å². The summed E-state index contributed by atoms with van der Waals surface area (Å²) in [5.41, 5.74) is -1.45. The van der Waals surface area contributed by atoms with Gasteiger partial charge in [0.2, 0.25) is 0 Å². The van der Waals surface area contributed by atoms with Gasteiger partial charge in [0.05, 0.1) is 7.11 Å². The molecule has 0 aliphatic carbocycles. The zero-order valence-electron chi connectivity index (χ0n) is 6.38. The second-order valence-corrected chi connectivity index (χ2v) is 1.90. The average Bonchev–Trinajstić information content (AvgIpc) is 1.96. The van der Waals surface area contributed by atoms with Gasteiger partial charge in [-0.25, -0.2) is 4.79 Å². The largest absolute Gasteiger partial charge is 0.503 e. The molecule has 0 aliphatic rings. The van der Waals surface area contributed by atoms with Crippen LogP contribution in [0.5, 0.6) is 0 Å². The fourth-order valence-corrected chi connectivity index (χ4v) is 0.472. The molecule has 0 rings (SSSR count). The van der Waals surface area contributed by atoms with Gasteiger partial charge in [-0.1, -0.05) is 0 Å². The van der Waals surface area contributed by atoms with E-state index < -0.39 is 23.5 Å². The molecular formula is C6H5F3O4. The second kappa shape index (κ2) is 3.92. The predicted octanol–water partition coefficient (Wildman–Crippen LogP) is 0.733. The van der Waals surface area contributed by atoms with Crippen LogP contribution in [-0.4, -0.2) is 30.1 Å². The van der Waals surface area contributed by atoms with Gasteiger partial charge in [0.1, 0.15) is 11.8 Å². The van der Waals surface area contributed by atoms with Crippen molar-refractivity contribution >= 4 is 11.8 Å². The highest BCUT2D eigenvalue weighted by Crippen LogP contribution is 2.20. The van der Waals surface area contributed by atoms with E-state index in [1.807, 2.05) is 0 Å². The Hall–Kier alpha value is -1.53. The molecule has 1 N–H and O–H groups in total. The van der Waals surface area contributed by atoms with E-state index in [0.717, 1.165) is 7.11 Å². The third-order valence-corrected chi connectivity index (χ3v) is 0.968. The molecule has 0 bridgehead atoms. The number of carbonyl (C=O) groups is 2. The summed E-state index contributed by atoms with van der Waals surface area (Å²) in [6.45, 7) is 0. The molecule has 4 nitrogen and oxygen atoms in total. The summed E-state index contributed by atoms with van der Waals surface area (Å²) in [7, 11) is 0.937. The van der Waals surface area contributed by atoms with Crippen molar-refractivity contribution in [3.63, 3.8) is 0 Å². The van der Waals surface area contributed by atoms with Gasteiger partial charge in [-0.15, -0.1) is 0 Å². The Balaban J connectivity index is 4.90. The summed E-state index contributed by atoms with van der Waals surface area (Å²) in [4.78, 5) is 20.5. The van der Waals surface area contributed by atoms with Crippen molar-refractivity contribution in [2.75, 3.05) is 7.11 Å². The van der Waals surface area contributed by atoms with Crippen molar-refractivity contribution in [2.45, 2.75) is 6.18 Å². The number of hydrogen-bond donors (Lipinski definition) is 1. The zero-order chi connectivity index (χ0) is 10.6. The van der Waals surface area contributed by atoms with Crippen molar-refractivity contribution in [1.82, 2.24) is 0 Å². The molecule has 74 valence electrons. The predicted molar refractivity (Wildman–Crippen MR) is 33.8 cm³/mol. The number of Topliss-reactive ketones (excluding diaryl/α,β-unsaturated/α-hetero) is 1. The molecule has 0 atom stereocenters. The SMILES string of the molecule is COC=C(C(=O)O)C(=O)C(F)(F)F. The summed E-state index contributed by atoms with van der Waals surface area (Å²) in [5.74, 6) is -4.42. The molecule has 0 fully saturated rings. The van der Waals surface area contributed by atoms with Crippen LogP contribution in [0, 0.1) is 0 Å². The number of ether oxygens (including phenoxy) is 1. The fourth-order valence-electron chi connectivity index (χ4n) is 0.472. The van der Waals surface area contributed by atoms with Gasteiger partial charge in [0.15, 0.2) is 0 Å². The average molecular weight is 198 g/mol. The molecule has 0 heterocycles. The number of aliphatic carboxylic acids is 1. The maximum Gasteiger partial charge on any atom is 0.455 e. The Morgan fingerprint density at radius 1 is 1.38 bits per heavy atom. The van der Waals surface area contributed by atoms with Crippen LogP contribution in [0.15, 0.2) is 11.8 Å². The van der Waals surface area contributed by atoms with Gasteiger partial charge in [0.25, 0.3) is 5.78 Å². The number of ketones is 1. The van der Waals surface area contributed by atoms with Gasteiger partial charge in [-0.2, -0.15) is 13.2 Å². The number of carboxylic acids is 1. The first-order chi connectivity index (χ1) is 5.80. The minimum absolute atomic E-state index is 0.234. The summed E-state index contributed by atoms with van der Waals surface area (Å²) >= 11 is 0. The molecule has 0 saturated carbocycles. The first-order valence-electron chi connectivity index (χ1n) is 2.88. The number of methoxy groups -OCH3 is 1. The number of hydrogen-bond acceptors (Lipinski definition) is 3. The number of carbonyl (C=O) groups excluding carboxylic acids is 1. The highest BCUT2D eigenvalue weighted by molar-refractivity contribution is 6.18. The molecule has 0 spiro atoms. The van der Waals surface area contributed by atoms with E-state index >= 15 is 0 Å². The summed E-state index contributed by atoms with van der Waals surface area (Å²) in [6, 6.07) is 0. The molecule has 0 amide bonds. The van der Waals surface area contributed by atoms with Gasteiger partial charge in [-0.05, 0) is 0 Å². The lowest BCUT2D eigenvalue weighted by atomic mass is 10.2. The quantitative estimate of drug-likeness (QED) is 0.314. The molecule has 0 aromatic rings. The van der Waals surface area contributed by atoms with E-state index in [1.54, 1.807) is 0 Å². The normalized spacial score (nSPS) is 12.5. The van der Waals surface area contributed by atoms with Gasteiger partial charge < -0.3 is 9.84 Å². The first-order valence-corrected chi connectivity index (χ1v) is 2.88. The van der Waals surface area contributed by atoms with E-state index in [4.69, 9.17) is 5.11 Å². The molecule has 13 heavy (non-hydrogen) atoms. The lowest BCUT2D eigenvalue weighted by Gasteiger charge is -2.04. The van der Waals surface area contributed by atoms with Crippen molar-refractivity contribution in [1.29, 1.82) is 0 Å². The summed E-state index contributed by atoms with van der Waals surface area (Å²) < 4.78 is 39.0. The van der Waals surface area contributed by atoms with E-state index in [2.05, 4.69) is 4.74 Å². The Bertz CT molecular complexity index is 253. The molecule has 0 unspecified atom stereocenters. The van der Waals surface area contributed by atoms with Crippen LogP contribution in [0.1, 0.15) is 0 Å². The maximum atomic E-state index is 11.7. The molecule has 0 aliphatic heterocycles. The van der Waals surface area contributed by atoms with Crippen LogP contribution in [0.4, 0.5) is 13.2 Å². The minimum Gasteiger partial charge on any atom is -0.503 e. The van der Waals surface area contributed by atoms with E-state index in [0.29, 0.717) is 0 Å². The Labute approximate surface area is 70.6 Å². The van der Waals surface area contributed by atoms with Gasteiger partial charge in [0, 0.05) is 0 Å². The van der Waals surface area contributed by atoms with E-state index in [9.17, 15) is 22.8 Å². The van der Waals surface area contributed by atoms with Crippen LogP contribution in [0.2, 0.25) is 0 Å². The number of halogens is 3. The molecular weight excluding hydrogens is 193 g/mol. The third kappa shape index (κ3) is 3.14. The van der Waals surface area contributed by atoms with Crippen LogP contribution in [-0.2, 0) is 14.3 Å². The van der Waals surface area contributed by atoms with Crippen LogP contribution in [0.3, 0.4) is 0 Å². The molecule has 7 heteroatoms. The van der Waals surface area contributed by atoms with Crippen molar-refractivity contribution in [3.8, 4) is 0 Å². The molecule has 0 aromatic heterocycles. The van der Waals surface area contributed by atoms with Crippen LogP contribution >= 0.6 is 0 Å². The second-order valence-electron chi connectivity index (χ2n) is 1.90. The number of alkyl halides is 3. The lowest BCUT2D eigenvalue weighted by molar-refractivity contribution is -0.168. The third-order valence-electron chi connectivity index (χ3n) is 0.968. The monoisotopic (exact) mass is 198 g/mol. The smallest absolute Gasteiger partial charge is 0.455 e. The Kier molecular flexibility index (Phi) is 3.46. The highest BCUT2D eigenvalue weighted by atomic mass is 19.4. The van der Waals surface area contributed by atoms with Crippen molar-refractivity contribution in [2.24, 2.45) is 0 Å². The van der Waals surface area contributed by atoms with E-state index in [1.165, 1.54) is 0 Å². The Morgan fingerprint density at radius 3 is 2.08 bits per heavy atom. The standard InChI is InChI=1S/C6H5F3O4/c1-13-2-3(5(11)12)4(10)6(7,8)9/h2H,1H3,(H,11,12). The number of carboxylic acid groups (broad SMARTS) is 1. The van der Waals surface area contributed by atoms with E-state index in [-0.39, 0.29) is 6.26 Å².